The Hall–Kier alpha value is -1.56. The van der Waals surface area contributed by atoms with Gasteiger partial charge in [0.2, 0.25) is 0 Å². The van der Waals surface area contributed by atoms with Crippen molar-refractivity contribution in [1.82, 2.24) is 5.48 Å². The number of allylic oxidation sites excluding steroid dienone is 1. The van der Waals surface area contributed by atoms with E-state index < -0.39 is 12.5 Å². The first-order valence-electron chi connectivity index (χ1n) is 5.68. The van der Waals surface area contributed by atoms with Crippen molar-refractivity contribution in [2.45, 2.75) is 13.3 Å². The van der Waals surface area contributed by atoms with Crippen LogP contribution in [0.15, 0.2) is 24.3 Å². The molecule has 1 amide bonds. The summed E-state index contributed by atoms with van der Waals surface area (Å²) >= 11 is 12.0. The number of amides is 1. The zero-order chi connectivity index (χ0) is 15.3. The van der Waals surface area contributed by atoms with Gasteiger partial charge in [-0.05, 0) is 24.1 Å². The van der Waals surface area contributed by atoms with Gasteiger partial charge >= 0.3 is 0 Å². The van der Waals surface area contributed by atoms with E-state index in [9.17, 15) is 9.59 Å². The minimum Gasteiger partial charge on any atom is -0.482 e. The maximum atomic E-state index is 12.0. The van der Waals surface area contributed by atoms with Gasteiger partial charge in [0.25, 0.3) is 5.91 Å². The van der Waals surface area contributed by atoms with E-state index in [1.165, 1.54) is 17.6 Å². The Balaban J connectivity index is 3.00. The summed E-state index contributed by atoms with van der Waals surface area (Å²) in [5.41, 5.74) is 2.05. The van der Waals surface area contributed by atoms with Crippen molar-refractivity contribution in [1.29, 1.82) is 0 Å². The predicted octanol–water partition coefficient (Wildman–Crippen LogP) is 3.03. The zero-order valence-electron chi connectivity index (χ0n) is 10.7. The number of rotatable bonds is 6. The molecule has 0 unspecified atom stereocenters. The Bertz CT molecular complexity index is 558. The molecule has 2 N–H and O–H groups in total. The topological polar surface area (TPSA) is 75.6 Å². The summed E-state index contributed by atoms with van der Waals surface area (Å²) in [6.45, 7) is 5.03. The zero-order valence-corrected chi connectivity index (χ0v) is 12.2. The Morgan fingerprint density at radius 3 is 2.55 bits per heavy atom. The molecule has 0 radical (unpaired) electrons. The van der Waals surface area contributed by atoms with Crippen LogP contribution in [0.5, 0.6) is 5.75 Å². The molecular formula is C13H13Cl2NO4. The monoisotopic (exact) mass is 317 g/mol. The molecule has 0 atom stereocenters. The van der Waals surface area contributed by atoms with Crippen LogP contribution in [0.25, 0.3) is 0 Å². The van der Waals surface area contributed by atoms with Crippen molar-refractivity contribution in [3.63, 3.8) is 0 Å². The fraction of sp³-hybridized carbons (Fsp3) is 0.231. The van der Waals surface area contributed by atoms with Crippen LogP contribution >= 0.6 is 23.2 Å². The Morgan fingerprint density at radius 2 is 2.00 bits per heavy atom. The lowest BCUT2D eigenvalue weighted by molar-refractivity contribution is -0.131. The summed E-state index contributed by atoms with van der Waals surface area (Å²) in [5.74, 6) is -0.894. The van der Waals surface area contributed by atoms with Gasteiger partial charge in [-0.15, -0.1) is 0 Å². The summed E-state index contributed by atoms with van der Waals surface area (Å²) < 4.78 is 5.07. The van der Waals surface area contributed by atoms with E-state index in [1.807, 2.05) is 0 Å². The van der Waals surface area contributed by atoms with E-state index >= 15 is 0 Å². The number of hydroxylamine groups is 1. The number of nitrogens with one attached hydrogen (secondary N) is 1. The van der Waals surface area contributed by atoms with E-state index in [0.29, 0.717) is 12.0 Å². The first kappa shape index (κ1) is 16.5. The highest BCUT2D eigenvalue weighted by Gasteiger charge is 2.18. The van der Waals surface area contributed by atoms with Crippen LogP contribution in [-0.2, 0) is 4.79 Å². The molecule has 0 spiro atoms. The number of carbonyl (C=O) groups is 2. The van der Waals surface area contributed by atoms with Crippen LogP contribution in [0.3, 0.4) is 0 Å². The van der Waals surface area contributed by atoms with E-state index in [4.69, 9.17) is 33.1 Å². The van der Waals surface area contributed by atoms with E-state index in [1.54, 1.807) is 6.92 Å². The smallest absolute Gasteiger partial charge is 0.281 e. The lowest BCUT2D eigenvalue weighted by Gasteiger charge is -2.11. The van der Waals surface area contributed by atoms with Gasteiger partial charge in [0, 0.05) is 5.56 Å². The fourth-order valence-corrected chi connectivity index (χ4v) is 1.81. The molecule has 0 fully saturated rings. The molecule has 5 nitrogen and oxygen atoms in total. The first-order chi connectivity index (χ1) is 9.42. The molecule has 0 saturated carbocycles. The van der Waals surface area contributed by atoms with Crippen molar-refractivity contribution in [2.24, 2.45) is 0 Å². The van der Waals surface area contributed by atoms with Crippen molar-refractivity contribution < 1.29 is 19.5 Å². The van der Waals surface area contributed by atoms with Gasteiger partial charge in [0.05, 0.1) is 5.02 Å². The van der Waals surface area contributed by atoms with Gasteiger partial charge in [-0.2, -0.15) is 0 Å². The van der Waals surface area contributed by atoms with Crippen LogP contribution < -0.4 is 10.2 Å². The summed E-state index contributed by atoms with van der Waals surface area (Å²) in [5, 5.41) is 8.40. The number of ketones is 1. The number of ether oxygens (including phenoxy) is 1. The minimum absolute atomic E-state index is 0.0205. The molecule has 0 saturated heterocycles. The highest BCUT2D eigenvalue weighted by molar-refractivity contribution is 6.45. The van der Waals surface area contributed by atoms with Gasteiger partial charge < -0.3 is 4.74 Å². The minimum atomic E-state index is -0.739. The molecule has 0 aliphatic rings. The lowest BCUT2D eigenvalue weighted by Crippen LogP contribution is -2.25. The molecule has 0 aliphatic heterocycles. The number of benzene rings is 1. The van der Waals surface area contributed by atoms with Crippen molar-refractivity contribution in [3.05, 3.63) is 39.9 Å². The molecule has 1 aromatic carbocycles. The van der Waals surface area contributed by atoms with Gasteiger partial charge in [0.15, 0.2) is 12.4 Å². The quantitative estimate of drug-likeness (QED) is 0.366. The first-order valence-corrected chi connectivity index (χ1v) is 6.44. The molecule has 0 aliphatic carbocycles. The van der Waals surface area contributed by atoms with Gasteiger partial charge in [-0.1, -0.05) is 36.7 Å². The lowest BCUT2D eigenvalue weighted by atomic mass is 10.0. The molecule has 0 bridgehead atoms. The second kappa shape index (κ2) is 7.28. The molecule has 108 valence electrons. The molecule has 20 heavy (non-hydrogen) atoms. The molecular weight excluding hydrogens is 305 g/mol. The third kappa shape index (κ3) is 3.72. The highest BCUT2D eigenvalue weighted by Crippen LogP contribution is 2.35. The Morgan fingerprint density at radius 1 is 1.35 bits per heavy atom. The standard InChI is InChI=1S/C13H13Cl2NO4/c1-3-7(2)13(18)8-4-5-9(12(15)11(8)14)20-6-10(17)16-19/h4-5,19H,2-3,6H2,1H3,(H,16,17). The van der Waals surface area contributed by atoms with Crippen molar-refractivity contribution in [3.8, 4) is 5.75 Å². The number of halogens is 2. The maximum Gasteiger partial charge on any atom is 0.281 e. The third-order valence-electron chi connectivity index (χ3n) is 2.52. The van der Waals surface area contributed by atoms with E-state index in [2.05, 4.69) is 6.58 Å². The SMILES string of the molecule is C=C(CC)C(=O)c1ccc(OCC(=O)NO)c(Cl)c1Cl. The number of Topliss-reactive ketones (excluding diaryl/α,β-unsaturated/α-hetero) is 1. The normalized spacial score (nSPS) is 10.0. The molecule has 0 aromatic heterocycles. The number of hydrogen-bond acceptors (Lipinski definition) is 4. The van der Waals surface area contributed by atoms with Crippen molar-refractivity contribution >= 4 is 34.9 Å². The fourth-order valence-electron chi connectivity index (χ4n) is 1.35. The van der Waals surface area contributed by atoms with Crippen LogP contribution in [0, 0.1) is 0 Å². The van der Waals surface area contributed by atoms with Crippen LogP contribution in [0.1, 0.15) is 23.7 Å². The molecule has 7 heteroatoms. The largest absolute Gasteiger partial charge is 0.482 e. The van der Waals surface area contributed by atoms with Gasteiger partial charge in [-0.3, -0.25) is 14.8 Å². The van der Waals surface area contributed by atoms with Gasteiger partial charge in [-0.25, -0.2) is 5.48 Å². The second-order valence-electron chi connectivity index (χ2n) is 3.85. The summed E-state index contributed by atoms with van der Waals surface area (Å²) in [7, 11) is 0. The van der Waals surface area contributed by atoms with E-state index in [-0.39, 0.29) is 27.1 Å². The van der Waals surface area contributed by atoms with Crippen LogP contribution in [-0.4, -0.2) is 23.5 Å². The predicted molar refractivity (Wildman–Crippen MR) is 75.6 cm³/mol. The Kier molecular flexibility index (Phi) is 6.01. The summed E-state index contributed by atoms with van der Waals surface area (Å²) in [6.07, 6.45) is 0.502. The van der Waals surface area contributed by atoms with E-state index in [0.717, 1.165) is 0 Å². The van der Waals surface area contributed by atoms with Crippen LogP contribution in [0.4, 0.5) is 0 Å². The summed E-state index contributed by atoms with van der Waals surface area (Å²) in [6, 6.07) is 2.87. The molecule has 1 rings (SSSR count). The number of hydrogen-bond donors (Lipinski definition) is 2. The average molecular weight is 318 g/mol. The third-order valence-corrected chi connectivity index (χ3v) is 3.39. The Labute approximate surface area is 126 Å². The second-order valence-corrected chi connectivity index (χ2v) is 4.61. The number of carbonyl (C=O) groups excluding carboxylic acids is 2. The molecule has 1 aromatic rings. The summed E-state index contributed by atoms with van der Waals surface area (Å²) in [4.78, 5) is 22.8. The van der Waals surface area contributed by atoms with Crippen molar-refractivity contribution in [2.75, 3.05) is 6.61 Å². The highest BCUT2D eigenvalue weighted by atomic mass is 35.5. The average Bonchev–Trinajstić information content (AvgIpc) is 2.46. The van der Waals surface area contributed by atoms with Crippen LogP contribution in [0.2, 0.25) is 10.0 Å². The molecule has 0 heterocycles. The maximum absolute atomic E-state index is 12.0. The van der Waals surface area contributed by atoms with Gasteiger partial charge in [0.1, 0.15) is 10.8 Å².